The first-order valence-corrected chi connectivity index (χ1v) is 7.04. The highest BCUT2D eigenvalue weighted by Gasteiger charge is 2.14. The smallest absolute Gasteiger partial charge is 0.241 e. The van der Waals surface area contributed by atoms with Gasteiger partial charge in [0.2, 0.25) is 5.91 Å². The van der Waals surface area contributed by atoms with Gasteiger partial charge in [-0.15, -0.1) is 0 Å². The number of rotatable bonds is 4. The summed E-state index contributed by atoms with van der Waals surface area (Å²) in [5.74, 6) is -0.601. The van der Waals surface area contributed by atoms with Gasteiger partial charge in [0.15, 0.2) is 0 Å². The van der Waals surface area contributed by atoms with Crippen LogP contribution >= 0.6 is 15.9 Å². The van der Waals surface area contributed by atoms with Crippen molar-refractivity contribution in [2.75, 3.05) is 5.32 Å². The van der Waals surface area contributed by atoms with E-state index in [0.29, 0.717) is 12.1 Å². The van der Waals surface area contributed by atoms with Crippen LogP contribution in [0.25, 0.3) is 0 Å². The van der Waals surface area contributed by atoms with Crippen molar-refractivity contribution in [1.29, 1.82) is 0 Å². The molecule has 4 N–H and O–H groups in total. The third-order valence-corrected chi connectivity index (χ3v) is 3.52. The second kappa shape index (κ2) is 6.69. The standard InChI is InChI=1S/C15H14BrFN2O2/c16-12-8-10(3-6-13(12)17)19-15(21)14(18)7-9-1-4-11(20)5-2-9/h1-6,8,14,20H,7,18H2,(H,19,21)/t14-/m0/s1. The monoisotopic (exact) mass is 352 g/mol. The van der Waals surface area contributed by atoms with Gasteiger partial charge in [-0.25, -0.2) is 4.39 Å². The lowest BCUT2D eigenvalue weighted by atomic mass is 10.1. The first kappa shape index (κ1) is 15.5. The van der Waals surface area contributed by atoms with Crippen molar-refractivity contribution in [1.82, 2.24) is 0 Å². The van der Waals surface area contributed by atoms with Gasteiger partial charge in [-0.1, -0.05) is 12.1 Å². The maximum Gasteiger partial charge on any atom is 0.241 e. The van der Waals surface area contributed by atoms with Crippen LogP contribution in [0.1, 0.15) is 5.56 Å². The highest BCUT2D eigenvalue weighted by atomic mass is 79.9. The van der Waals surface area contributed by atoms with E-state index < -0.39 is 11.9 Å². The zero-order valence-electron chi connectivity index (χ0n) is 11.0. The summed E-state index contributed by atoms with van der Waals surface area (Å²) in [7, 11) is 0. The number of amides is 1. The lowest BCUT2D eigenvalue weighted by Crippen LogP contribution is -2.37. The summed E-state index contributed by atoms with van der Waals surface area (Å²) < 4.78 is 13.4. The molecule has 0 aliphatic rings. The quantitative estimate of drug-likeness (QED) is 0.791. The van der Waals surface area contributed by atoms with Crippen molar-refractivity contribution in [3.8, 4) is 5.75 Å². The van der Waals surface area contributed by atoms with Gasteiger partial charge >= 0.3 is 0 Å². The summed E-state index contributed by atoms with van der Waals surface area (Å²) in [6.07, 6.45) is 0.342. The molecule has 110 valence electrons. The first-order chi connectivity index (χ1) is 9.95. The summed E-state index contributed by atoms with van der Waals surface area (Å²) in [4.78, 5) is 12.0. The topological polar surface area (TPSA) is 75.3 Å². The average molecular weight is 353 g/mol. The number of anilines is 1. The van der Waals surface area contributed by atoms with Crippen LogP contribution in [-0.4, -0.2) is 17.1 Å². The fourth-order valence-electron chi connectivity index (χ4n) is 1.79. The minimum atomic E-state index is -0.738. The molecule has 0 saturated heterocycles. The molecule has 0 radical (unpaired) electrons. The van der Waals surface area contributed by atoms with Gasteiger partial charge in [-0.05, 0) is 58.2 Å². The molecule has 0 aliphatic heterocycles. The maximum absolute atomic E-state index is 13.1. The van der Waals surface area contributed by atoms with Gasteiger partial charge in [0.1, 0.15) is 11.6 Å². The van der Waals surface area contributed by atoms with Crippen LogP contribution < -0.4 is 11.1 Å². The molecule has 4 nitrogen and oxygen atoms in total. The fourth-order valence-corrected chi connectivity index (χ4v) is 2.17. The highest BCUT2D eigenvalue weighted by Crippen LogP contribution is 2.20. The van der Waals surface area contributed by atoms with E-state index in [1.165, 1.54) is 30.3 Å². The number of nitrogens with one attached hydrogen (secondary N) is 1. The number of phenolic OH excluding ortho intramolecular Hbond substituents is 1. The SMILES string of the molecule is N[C@@H](Cc1ccc(O)cc1)C(=O)Nc1ccc(F)c(Br)c1. The summed E-state index contributed by atoms with van der Waals surface area (Å²) in [6.45, 7) is 0. The van der Waals surface area contributed by atoms with Crippen LogP contribution in [0.15, 0.2) is 46.9 Å². The Balaban J connectivity index is 1.98. The number of hydrogen-bond acceptors (Lipinski definition) is 3. The second-order valence-corrected chi connectivity index (χ2v) is 5.45. The van der Waals surface area contributed by atoms with Crippen molar-refractivity contribution in [3.05, 3.63) is 58.3 Å². The Hall–Kier alpha value is -1.92. The summed E-state index contributed by atoms with van der Waals surface area (Å²) in [6, 6.07) is 9.94. The summed E-state index contributed by atoms with van der Waals surface area (Å²) in [5.41, 5.74) is 7.15. The third kappa shape index (κ3) is 4.27. The molecule has 2 aromatic carbocycles. The molecule has 0 heterocycles. The molecule has 0 aliphatic carbocycles. The molecule has 0 saturated carbocycles. The normalized spacial score (nSPS) is 12.0. The fraction of sp³-hybridized carbons (Fsp3) is 0.133. The Morgan fingerprint density at radius 2 is 1.95 bits per heavy atom. The van der Waals surface area contributed by atoms with E-state index in [1.807, 2.05) is 0 Å². The zero-order chi connectivity index (χ0) is 15.4. The van der Waals surface area contributed by atoms with Gasteiger partial charge in [-0.3, -0.25) is 4.79 Å². The van der Waals surface area contributed by atoms with E-state index in [1.54, 1.807) is 12.1 Å². The molecule has 2 rings (SSSR count). The van der Waals surface area contributed by atoms with E-state index in [-0.39, 0.29) is 16.1 Å². The molecule has 0 aromatic heterocycles. The molecule has 6 heteroatoms. The van der Waals surface area contributed by atoms with Crippen LogP contribution in [0.5, 0.6) is 5.75 Å². The Morgan fingerprint density at radius 1 is 1.29 bits per heavy atom. The van der Waals surface area contributed by atoms with Gasteiger partial charge < -0.3 is 16.2 Å². The van der Waals surface area contributed by atoms with Crippen LogP contribution in [0.4, 0.5) is 10.1 Å². The van der Waals surface area contributed by atoms with Gasteiger partial charge in [0.25, 0.3) is 0 Å². The lowest BCUT2D eigenvalue weighted by molar-refractivity contribution is -0.117. The minimum absolute atomic E-state index is 0.160. The maximum atomic E-state index is 13.1. The van der Waals surface area contributed by atoms with E-state index in [2.05, 4.69) is 21.2 Å². The van der Waals surface area contributed by atoms with E-state index >= 15 is 0 Å². The Labute approximate surface area is 129 Å². The number of nitrogens with two attached hydrogens (primary N) is 1. The third-order valence-electron chi connectivity index (χ3n) is 2.92. The van der Waals surface area contributed by atoms with Crippen molar-refractivity contribution < 1.29 is 14.3 Å². The molecule has 0 unspecified atom stereocenters. The lowest BCUT2D eigenvalue weighted by Gasteiger charge is -2.13. The molecular formula is C15H14BrFN2O2. The van der Waals surface area contributed by atoms with E-state index in [0.717, 1.165) is 5.56 Å². The number of hydrogen-bond donors (Lipinski definition) is 3. The second-order valence-electron chi connectivity index (χ2n) is 4.60. The number of aromatic hydroxyl groups is 1. The highest BCUT2D eigenvalue weighted by molar-refractivity contribution is 9.10. The molecule has 2 aromatic rings. The predicted molar refractivity (Wildman–Crippen MR) is 82.5 cm³/mol. The zero-order valence-corrected chi connectivity index (χ0v) is 12.6. The van der Waals surface area contributed by atoms with Crippen molar-refractivity contribution >= 4 is 27.5 Å². The summed E-state index contributed by atoms with van der Waals surface area (Å²) >= 11 is 3.05. The molecule has 21 heavy (non-hydrogen) atoms. The van der Waals surface area contributed by atoms with Crippen LogP contribution in [0.3, 0.4) is 0 Å². The summed E-state index contributed by atoms with van der Waals surface area (Å²) in [5, 5.41) is 11.8. The van der Waals surface area contributed by atoms with Crippen LogP contribution in [0, 0.1) is 5.82 Å². The molecule has 0 bridgehead atoms. The largest absolute Gasteiger partial charge is 0.508 e. The van der Waals surface area contributed by atoms with Gasteiger partial charge in [0.05, 0.1) is 10.5 Å². The molecule has 0 spiro atoms. The van der Waals surface area contributed by atoms with Crippen LogP contribution in [-0.2, 0) is 11.2 Å². The van der Waals surface area contributed by atoms with Crippen LogP contribution in [0.2, 0.25) is 0 Å². The number of phenols is 1. The Bertz CT molecular complexity index is 647. The first-order valence-electron chi connectivity index (χ1n) is 6.25. The number of benzene rings is 2. The number of carbonyl (C=O) groups excluding carboxylic acids is 1. The van der Waals surface area contributed by atoms with Gasteiger partial charge in [0, 0.05) is 5.69 Å². The molecule has 1 atom stereocenters. The molecule has 0 fully saturated rings. The molecule has 1 amide bonds. The van der Waals surface area contributed by atoms with Crippen molar-refractivity contribution in [2.24, 2.45) is 5.73 Å². The average Bonchev–Trinajstić information content (AvgIpc) is 2.45. The predicted octanol–water partition coefficient (Wildman–Crippen LogP) is 2.80. The van der Waals surface area contributed by atoms with E-state index in [9.17, 15) is 14.3 Å². The Kier molecular flexibility index (Phi) is 4.93. The van der Waals surface area contributed by atoms with Crippen molar-refractivity contribution in [3.63, 3.8) is 0 Å². The molecular weight excluding hydrogens is 339 g/mol. The number of halogens is 2. The number of carbonyl (C=O) groups is 1. The van der Waals surface area contributed by atoms with Crippen molar-refractivity contribution in [2.45, 2.75) is 12.5 Å². The minimum Gasteiger partial charge on any atom is -0.508 e. The Morgan fingerprint density at radius 3 is 2.57 bits per heavy atom. The van der Waals surface area contributed by atoms with E-state index in [4.69, 9.17) is 5.73 Å². The van der Waals surface area contributed by atoms with Gasteiger partial charge in [-0.2, -0.15) is 0 Å².